The molecule has 0 aliphatic carbocycles. The van der Waals surface area contributed by atoms with Gasteiger partial charge in [-0.25, -0.2) is 4.39 Å². The second-order valence-electron chi connectivity index (χ2n) is 4.33. The quantitative estimate of drug-likeness (QED) is 0.660. The summed E-state index contributed by atoms with van der Waals surface area (Å²) in [7, 11) is 1.49. The summed E-state index contributed by atoms with van der Waals surface area (Å²) in [6.45, 7) is 2.39. The highest BCUT2D eigenvalue weighted by Gasteiger charge is 2.23. The Labute approximate surface area is 137 Å². The van der Waals surface area contributed by atoms with Crippen LogP contribution in [0.15, 0.2) is 40.9 Å². The number of benzene rings is 2. The Hall–Kier alpha value is -1.26. The molecule has 0 N–H and O–H groups in total. The van der Waals surface area contributed by atoms with Gasteiger partial charge in [0.15, 0.2) is 0 Å². The van der Waals surface area contributed by atoms with E-state index < -0.39 is 11.2 Å². The van der Waals surface area contributed by atoms with E-state index in [1.54, 1.807) is 12.1 Å². The molecule has 5 heteroatoms. The van der Waals surface area contributed by atoms with Gasteiger partial charge in [0.1, 0.15) is 17.3 Å². The van der Waals surface area contributed by atoms with E-state index in [-0.39, 0.29) is 0 Å². The minimum atomic E-state index is -0.708. The molecule has 2 nitrogen and oxygen atoms in total. The fraction of sp³-hybridized carbons (Fsp3) is 0.250. The number of halogens is 3. The molecule has 0 saturated carbocycles. The lowest BCUT2D eigenvalue weighted by molar-refractivity contribution is 0.336. The normalized spacial score (nSPS) is 12.0. The molecule has 0 heterocycles. The van der Waals surface area contributed by atoms with Gasteiger partial charge in [-0.2, -0.15) is 0 Å². The van der Waals surface area contributed by atoms with Crippen LogP contribution in [-0.2, 0) is 0 Å². The van der Waals surface area contributed by atoms with Gasteiger partial charge >= 0.3 is 0 Å². The first-order valence-corrected chi connectivity index (χ1v) is 7.70. The Morgan fingerprint density at radius 3 is 2.67 bits per heavy atom. The Morgan fingerprint density at radius 1 is 1.24 bits per heavy atom. The summed E-state index contributed by atoms with van der Waals surface area (Å²) in [6, 6.07) is 10.1. The van der Waals surface area contributed by atoms with Gasteiger partial charge in [0.25, 0.3) is 0 Å². The zero-order valence-corrected chi connectivity index (χ0v) is 14.0. The van der Waals surface area contributed by atoms with Gasteiger partial charge < -0.3 is 9.47 Å². The van der Waals surface area contributed by atoms with Gasteiger partial charge in [-0.1, -0.05) is 22.0 Å². The SMILES string of the molecule is CCOc1ccc(Br)cc1C(Cl)c1c(F)cccc1OC. The van der Waals surface area contributed by atoms with Gasteiger partial charge in [-0.15, -0.1) is 11.6 Å². The molecule has 2 rings (SSSR count). The molecule has 0 aliphatic heterocycles. The Balaban J connectivity index is 2.54. The van der Waals surface area contributed by atoms with Crippen LogP contribution < -0.4 is 9.47 Å². The van der Waals surface area contributed by atoms with Crippen molar-refractivity contribution in [3.63, 3.8) is 0 Å². The predicted octanol–water partition coefficient (Wildman–Crippen LogP) is 5.32. The van der Waals surface area contributed by atoms with E-state index in [9.17, 15) is 4.39 Å². The molecule has 1 atom stereocenters. The first-order chi connectivity index (χ1) is 10.1. The molecule has 0 aliphatic rings. The molecule has 0 amide bonds. The standard InChI is InChI=1S/C16H15BrClFO2/c1-3-21-13-8-7-10(17)9-11(13)16(18)15-12(19)5-4-6-14(15)20-2/h4-9,16H,3H2,1-2H3. The molecule has 0 radical (unpaired) electrons. The van der Waals surface area contributed by atoms with Crippen LogP contribution in [0.3, 0.4) is 0 Å². The lowest BCUT2D eigenvalue weighted by Crippen LogP contribution is -2.04. The second kappa shape index (κ2) is 7.14. The third kappa shape index (κ3) is 3.50. The predicted molar refractivity (Wildman–Crippen MR) is 86.0 cm³/mol. The van der Waals surface area contributed by atoms with Crippen molar-refractivity contribution < 1.29 is 13.9 Å². The van der Waals surface area contributed by atoms with E-state index in [2.05, 4.69) is 15.9 Å². The van der Waals surface area contributed by atoms with E-state index >= 15 is 0 Å². The molecular formula is C16H15BrClFO2. The molecular weight excluding hydrogens is 359 g/mol. The van der Waals surface area contributed by atoms with E-state index in [0.717, 1.165) is 4.47 Å². The summed E-state index contributed by atoms with van der Waals surface area (Å²) >= 11 is 9.92. The summed E-state index contributed by atoms with van der Waals surface area (Å²) in [5.41, 5.74) is 0.997. The lowest BCUT2D eigenvalue weighted by Gasteiger charge is -2.18. The Bertz CT molecular complexity index is 634. The number of hydrogen-bond donors (Lipinski definition) is 0. The zero-order chi connectivity index (χ0) is 15.4. The third-order valence-electron chi connectivity index (χ3n) is 3.03. The minimum absolute atomic E-state index is 0.306. The number of methoxy groups -OCH3 is 1. The summed E-state index contributed by atoms with van der Waals surface area (Å²) in [5.74, 6) is 0.639. The summed E-state index contributed by atoms with van der Waals surface area (Å²) in [6.07, 6.45) is 0. The largest absolute Gasteiger partial charge is 0.496 e. The van der Waals surface area contributed by atoms with Crippen LogP contribution in [0.1, 0.15) is 23.4 Å². The Kier molecular flexibility index (Phi) is 5.48. The first kappa shape index (κ1) is 16.1. The zero-order valence-electron chi connectivity index (χ0n) is 11.7. The van der Waals surface area contributed by atoms with Crippen LogP contribution >= 0.6 is 27.5 Å². The molecule has 112 valence electrons. The fourth-order valence-corrected chi connectivity index (χ4v) is 2.86. The number of ether oxygens (including phenoxy) is 2. The van der Waals surface area contributed by atoms with E-state index in [1.165, 1.54) is 13.2 Å². The van der Waals surface area contributed by atoms with E-state index in [0.29, 0.717) is 29.2 Å². The van der Waals surface area contributed by atoms with Crippen molar-refractivity contribution in [2.24, 2.45) is 0 Å². The van der Waals surface area contributed by atoms with Crippen LogP contribution in [-0.4, -0.2) is 13.7 Å². The summed E-state index contributed by atoms with van der Waals surface area (Å²) in [5, 5.41) is -0.708. The molecule has 0 bridgehead atoms. The summed E-state index contributed by atoms with van der Waals surface area (Å²) < 4.78 is 25.8. The number of alkyl halides is 1. The maximum atomic E-state index is 14.2. The van der Waals surface area contributed by atoms with Crippen molar-refractivity contribution in [2.45, 2.75) is 12.3 Å². The van der Waals surface area contributed by atoms with Crippen molar-refractivity contribution in [1.82, 2.24) is 0 Å². The molecule has 0 saturated heterocycles. The maximum absolute atomic E-state index is 14.2. The number of rotatable bonds is 5. The van der Waals surface area contributed by atoms with Gasteiger partial charge in [-0.3, -0.25) is 0 Å². The molecule has 1 unspecified atom stereocenters. The average Bonchev–Trinajstić information content (AvgIpc) is 2.48. The van der Waals surface area contributed by atoms with Crippen LogP contribution in [0.2, 0.25) is 0 Å². The van der Waals surface area contributed by atoms with Gasteiger partial charge in [0.2, 0.25) is 0 Å². The molecule has 21 heavy (non-hydrogen) atoms. The highest BCUT2D eigenvalue weighted by molar-refractivity contribution is 9.10. The fourth-order valence-electron chi connectivity index (χ4n) is 2.10. The highest BCUT2D eigenvalue weighted by atomic mass is 79.9. The summed E-state index contributed by atoms with van der Waals surface area (Å²) in [4.78, 5) is 0. The van der Waals surface area contributed by atoms with Crippen LogP contribution in [0.4, 0.5) is 4.39 Å². The lowest BCUT2D eigenvalue weighted by atomic mass is 10.0. The smallest absolute Gasteiger partial charge is 0.131 e. The Morgan fingerprint density at radius 2 is 2.00 bits per heavy atom. The first-order valence-electron chi connectivity index (χ1n) is 6.47. The van der Waals surface area contributed by atoms with Crippen molar-refractivity contribution in [1.29, 1.82) is 0 Å². The van der Waals surface area contributed by atoms with E-state index in [1.807, 2.05) is 25.1 Å². The van der Waals surface area contributed by atoms with Crippen LogP contribution in [0, 0.1) is 5.82 Å². The van der Waals surface area contributed by atoms with Crippen LogP contribution in [0.25, 0.3) is 0 Å². The van der Waals surface area contributed by atoms with Gasteiger partial charge in [0, 0.05) is 10.0 Å². The monoisotopic (exact) mass is 372 g/mol. The van der Waals surface area contributed by atoms with Gasteiger partial charge in [0.05, 0.1) is 24.7 Å². The molecule has 0 aromatic heterocycles. The van der Waals surface area contributed by atoms with Crippen molar-refractivity contribution in [3.05, 3.63) is 57.8 Å². The topological polar surface area (TPSA) is 18.5 Å². The van der Waals surface area contributed by atoms with Gasteiger partial charge in [-0.05, 0) is 37.3 Å². The minimum Gasteiger partial charge on any atom is -0.496 e. The highest BCUT2D eigenvalue weighted by Crippen LogP contribution is 2.41. The van der Waals surface area contributed by atoms with Crippen LogP contribution in [0.5, 0.6) is 11.5 Å². The van der Waals surface area contributed by atoms with Crippen molar-refractivity contribution in [2.75, 3.05) is 13.7 Å². The molecule has 0 spiro atoms. The number of hydrogen-bond acceptors (Lipinski definition) is 2. The van der Waals surface area contributed by atoms with Crippen molar-refractivity contribution in [3.8, 4) is 11.5 Å². The average molecular weight is 374 g/mol. The molecule has 2 aromatic carbocycles. The van der Waals surface area contributed by atoms with Crippen molar-refractivity contribution >= 4 is 27.5 Å². The maximum Gasteiger partial charge on any atom is 0.131 e. The third-order valence-corrected chi connectivity index (χ3v) is 3.98. The van der Waals surface area contributed by atoms with E-state index in [4.69, 9.17) is 21.1 Å². The second-order valence-corrected chi connectivity index (χ2v) is 5.69. The molecule has 0 fully saturated rings. The molecule has 2 aromatic rings.